The Bertz CT molecular complexity index is 389. The molecule has 0 saturated heterocycles. The molecule has 84 valence electrons. The van der Waals surface area contributed by atoms with E-state index in [9.17, 15) is 0 Å². The first-order chi connectivity index (χ1) is 7.95. The molecule has 0 saturated carbocycles. The molecule has 0 aliphatic carbocycles. The van der Waals surface area contributed by atoms with Crippen LogP contribution in [0.5, 0.6) is 0 Å². The Morgan fingerprint density at radius 3 is 3.06 bits per heavy atom. The zero-order valence-corrected chi connectivity index (χ0v) is 9.74. The molecule has 0 atom stereocenters. The van der Waals surface area contributed by atoms with E-state index in [1.54, 1.807) is 24.3 Å². The summed E-state index contributed by atoms with van der Waals surface area (Å²) in [7, 11) is 0. The third-order valence-electron chi connectivity index (χ3n) is 2.08. The monoisotopic (exact) mass is 234 g/mol. The van der Waals surface area contributed by atoms with Crippen LogP contribution in [0.1, 0.15) is 5.56 Å². The minimum atomic E-state index is 0.860. The average Bonchev–Trinajstić information content (AvgIpc) is 2.83. The molecule has 2 heterocycles. The highest BCUT2D eigenvalue weighted by Gasteiger charge is 1.95. The second-order valence-corrected chi connectivity index (χ2v) is 4.44. The number of furan rings is 1. The van der Waals surface area contributed by atoms with Crippen LogP contribution in [0.2, 0.25) is 0 Å². The third kappa shape index (κ3) is 3.72. The lowest BCUT2D eigenvalue weighted by molar-refractivity contribution is 0.561. The smallest absolute Gasteiger partial charge is 0.0960 e. The molecule has 4 heteroatoms. The van der Waals surface area contributed by atoms with E-state index in [0.29, 0.717) is 0 Å². The third-order valence-corrected chi connectivity index (χ3v) is 3.02. The van der Waals surface area contributed by atoms with E-state index >= 15 is 0 Å². The van der Waals surface area contributed by atoms with Crippen molar-refractivity contribution in [1.82, 2.24) is 10.3 Å². The van der Waals surface area contributed by atoms with Gasteiger partial charge in [0, 0.05) is 30.6 Å². The Morgan fingerprint density at radius 2 is 2.31 bits per heavy atom. The molecule has 0 spiro atoms. The molecular weight excluding hydrogens is 220 g/mol. The molecule has 1 N–H and O–H groups in total. The first-order valence-corrected chi connectivity index (χ1v) is 6.19. The van der Waals surface area contributed by atoms with Crippen molar-refractivity contribution >= 4 is 11.8 Å². The highest BCUT2D eigenvalue weighted by molar-refractivity contribution is 7.99. The van der Waals surface area contributed by atoms with Crippen LogP contribution in [0.4, 0.5) is 0 Å². The van der Waals surface area contributed by atoms with Gasteiger partial charge < -0.3 is 9.73 Å². The summed E-state index contributed by atoms with van der Waals surface area (Å²) in [6.45, 7) is 1.83. The normalized spacial score (nSPS) is 10.5. The maximum absolute atomic E-state index is 4.99. The number of hydrogen-bond donors (Lipinski definition) is 1. The lowest BCUT2D eigenvalue weighted by Gasteiger charge is -2.02. The molecule has 0 bridgehead atoms. The van der Waals surface area contributed by atoms with Crippen molar-refractivity contribution in [2.75, 3.05) is 12.3 Å². The largest absolute Gasteiger partial charge is 0.472 e. The number of aromatic nitrogens is 1. The number of pyridine rings is 1. The standard InChI is InChI=1S/C12H14N2OS/c1-2-5-14-12(3-1)16-8-6-13-9-11-4-7-15-10-11/h1-5,7,10,13H,6,8-9H2. The quantitative estimate of drug-likeness (QED) is 0.616. The zero-order valence-electron chi connectivity index (χ0n) is 8.93. The van der Waals surface area contributed by atoms with Gasteiger partial charge in [0.15, 0.2) is 0 Å². The van der Waals surface area contributed by atoms with Gasteiger partial charge in [-0.1, -0.05) is 6.07 Å². The zero-order chi connectivity index (χ0) is 11.1. The molecule has 0 amide bonds. The Morgan fingerprint density at radius 1 is 1.31 bits per heavy atom. The van der Waals surface area contributed by atoms with E-state index in [0.717, 1.165) is 23.9 Å². The maximum Gasteiger partial charge on any atom is 0.0960 e. The van der Waals surface area contributed by atoms with Gasteiger partial charge in [0.25, 0.3) is 0 Å². The Balaban J connectivity index is 1.59. The summed E-state index contributed by atoms with van der Waals surface area (Å²) >= 11 is 1.76. The van der Waals surface area contributed by atoms with Gasteiger partial charge in [-0.15, -0.1) is 11.8 Å². The van der Waals surface area contributed by atoms with Crippen LogP contribution >= 0.6 is 11.8 Å². The van der Waals surface area contributed by atoms with Gasteiger partial charge in [0.2, 0.25) is 0 Å². The van der Waals surface area contributed by atoms with Crippen molar-refractivity contribution in [2.45, 2.75) is 11.6 Å². The molecule has 2 rings (SSSR count). The summed E-state index contributed by atoms with van der Waals surface area (Å²) in [5.41, 5.74) is 1.18. The number of nitrogens with zero attached hydrogens (tertiary/aromatic N) is 1. The van der Waals surface area contributed by atoms with Crippen molar-refractivity contribution < 1.29 is 4.42 Å². The fourth-order valence-corrected chi connectivity index (χ4v) is 2.05. The van der Waals surface area contributed by atoms with Crippen LogP contribution < -0.4 is 5.32 Å². The van der Waals surface area contributed by atoms with E-state index in [1.165, 1.54) is 5.56 Å². The van der Waals surface area contributed by atoms with Crippen LogP contribution in [0.3, 0.4) is 0 Å². The molecule has 0 aliphatic rings. The summed E-state index contributed by atoms with van der Waals surface area (Å²) in [5, 5.41) is 4.43. The van der Waals surface area contributed by atoms with Crippen molar-refractivity contribution in [3.05, 3.63) is 48.6 Å². The van der Waals surface area contributed by atoms with Crippen molar-refractivity contribution in [1.29, 1.82) is 0 Å². The van der Waals surface area contributed by atoms with E-state index < -0.39 is 0 Å². The lowest BCUT2D eigenvalue weighted by Crippen LogP contribution is -2.16. The number of thioether (sulfide) groups is 1. The highest BCUT2D eigenvalue weighted by Crippen LogP contribution is 2.12. The number of hydrogen-bond acceptors (Lipinski definition) is 4. The van der Waals surface area contributed by atoms with Crippen LogP contribution in [-0.4, -0.2) is 17.3 Å². The predicted octanol–water partition coefficient (Wildman–Crippen LogP) is 2.56. The molecular formula is C12H14N2OS. The molecule has 0 radical (unpaired) electrons. The SMILES string of the molecule is c1ccc(SCCNCc2ccoc2)nc1. The maximum atomic E-state index is 4.99. The first kappa shape index (κ1) is 11.2. The summed E-state index contributed by atoms with van der Waals surface area (Å²) in [6, 6.07) is 7.94. The van der Waals surface area contributed by atoms with Crippen LogP contribution in [0.15, 0.2) is 52.4 Å². The fraction of sp³-hybridized carbons (Fsp3) is 0.250. The van der Waals surface area contributed by atoms with Gasteiger partial charge in [-0.25, -0.2) is 4.98 Å². The second-order valence-electron chi connectivity index (χ2n) is 3.32. The Kier molecular flexibility index (Phi) is 4.46. The van der Waals surface area contributed by atoms with Crippen LogP contribution in [-0.2, 0) is 6.54 Å². The van der Waals surface area contributed by atoms with E-state index in [4.69, 9.17) is 4.42 Å². The minimum absolute atomic E-state index is 0.860. The Labute approximate surface area is 99.3 Å². The number of nitrogens with one attached hydrogen (secondary N) is 1. The van der Waals surface area contributed by atoms with E-state index in [2.05, 4.69) is 10.3 Å². The molecule has 0 aromatic carbocycles. The Hall–Kier alpha value is -1.26. The summed E-state index contributed by atoms with van der Waals surface area (Å²) in [4.78, 5) is 4.25. The molecule has 2 aromatic heterocycles. The topological polar surface area (TPSA) is 38.1 Å². The van der Waals surface area contributed by atoms with E-state index in [-0.39, 0.29) is 0 Å². The van der Waals surface area contributed by atoms with Gasteiger partial charge in [-0.2, -0.15) is 0 Å². The highest BCUT2D eigenvalue weighted by atomic mass is 32.2. The van der Waals surface area contributed by atoms with Crippen LogP contribution in [0, 0.1) is 0 Å². The molecule has 0 fully saturated rings. The number of rotatable bonds is 6. The van der Waals surface area contributed by atoms with Crippen molar-refractivity contribution in [3.8, 4) is 0 Å². The summed E-state index contributed by atoms with van der Waals surface area (Å²) < 4.78 is 4.99. The van der Waals surface area contributed by atoms with Gasteiger partial charge in [-0.05, 0) is 18.2 Å². The van der Waals surface area contributed by atoms with Crippen molar-refractivity contribution in [2.24, 2.45) is 0 Å². The molecule has 2 aromatic rings. The molecule has 16 heavy (non-hydrogen) atoms. The first-order valence-electron chi connectivity index (χ1n) is 5.21. The second kappa shape index (κ2) is 6.35. The van der Waals surface area contributed by atoms with Crippen molar-refractivity contribution in [3.63, 3.8) is 0 Å². The van der Waals surface area contributed by atoms with Crippen LogP contribution in [0.25, 0.3) is 0 Å². The van der Waals surface area contributed by atoms with Gasteiger partial charge in [-0.3, -0.25) is 0 Å². The average molecular weight is 234 g/mol. The van der Waals surface area contributed by atoms with E-state index in [1.807, 2.05) is 30.5 Å². The molecule has 0 unspecified atom stereocenters. The summed E-state index contributed by atoms with van der Waals surface area (Å²) in [5.74, 6) is 1.02. The minimum Gasteiger partial charge on any atom is -0.472 e. The van der Waals surface area contributed by atoms with Gasteiger partial charge in [0.1, 0.15) is 0 Å². The lowest BCUT2D eigenvalue weighted by atomic mass is 10.3. The molecule has 3 nitrogen and oxygen atoms in total. The fourth-order valence-electron chi connectivity index (χ4n) is 1.29. The molecule has 0 aliphatic heterocycles. The van der Waals surface area contributed by atoms with Gasteiger partial charge in [0.05, 0.1) is 17.6 Å². The summed E-state index contributed by atoms with van der Waals surface area (Å²) in [6.07, 6.45) is 5.28. The predicted molar refractivity (Wildman–Crippen MR) is 65.4 cm³/mol. The van der Waals surface area contributed by atoms with Gasteiger partial charge >= 0.3 is 0 Å².